The molecule has 0 aliphatic heterocycles. The van der Waals surface area contributed by atoms with Crippen molar-refractivity contribution >= 4 is 22.8 Å². The van der Waals surface area contributed by atoms with Crippen LogP contribution in [0, 0.1) is 11.3 Å². The Hall–Kier alpha value is -3.60. The van der Waals surface area contributed by atoms with Gasteiger partial charge in [0.15, 0.2) is 5.69 Å². The normalized spacial score (nSPS) is 19.1. The number of carbonyl (C=O) groups is 1. The summed E-state index contributed by atoms with van der Waals surface area (Å²) in [6, 6.07) is 11.6. The number of anilines is 1. The molecule has 8 heteroatoms. The van der Waals surface area contributed by atoms with Gasteiger partial charge in [-0.25, -0.2) is 14.8 Å². The van der Waals surface area contributed by atoms with E-state index >= 15 is 0 Å². The minimum atomic E-state index is -1.02. The Morgan fingerprint density at radius 3 is 2.79 bits per heavy atom. The number of carboxylic acid groups (broad SMARTS) is 1. The molecule has 0 radical (unpaired) electrons. The van der Waals surface area contributed by atoms with Gasteiger partial charge in [-0.15, -0.1) is 0 Å². The van der Waals surface area contributed by atoms with Crippen molar-refractivity contribution in [1.82, 2.24) is 20.3 Å². The molecule has 1 saturated carbocycles. The summed E-state index contributed by atoms with van der Waals surface area (Å²) in [5, 5.41) is 25.4. The lowest BCUT2D eigenvalue weighted by Gasteiger charge is -2.32. The van der Waals surface area contributed by atoms with Crippen molar-refractivity contribution in [3.05, 3.63) is 42.2 Å². The van der Waals surface area contributed by atoms with Crippen molar-refractivity contribution in [2.45, 2.75) is 37.8 Å². The number of para-hydroxylation sites is 1. The van der Waals surface area contributed by atoms with Gasteiger partial charge in [-0.2, -0.15) is 5.26 Å². The molecule has 0 spiro atoms. The summed E-state index contributed by atoms with van der Waals surface area (Å²) in [6.07, 6.45) is 4.13. The third-order valence-electron chi connectivity index (χ3n) is 5.07. The van der Waals surface area contributed by atoms with E-state index in [9.17, 15) is 10.1 Å². The molecule has 0 saturated heterocycles. The Morgan fingerprint density at radius 2 is 2.04 bits per heavy atom. The summed E-state index contributed by atoms with van der Waals surface area (Å²) in [4.78, 5) is 23.2. The molecular formula is C20H20N6O2. The molecule has 1 aliphatic rings. The summed E-state index contributed by atoms with van der Waals surface area (Å²) < 4.78 is 0. The van der Waals surface area contributed by atoms with Gasteiger partial charge in [0.05, 0.1) is 17.9 Å². The van der Waals surface area contributed by atoms with E-state index in [1.54, 1.807) is 0 Å². The molecule has 2 atom stereocenters. The van der Waals surface area contributed by atoms with E-state index in [0.29, 0.717) is 11.5 Å². The van der Waals surface area contributed by atoms with E-state index in [1.807, 2.05) is 30.3 Å². The lowest BCUT2D eigenvalue weighted by molar-refractivity contribution is 0.184. The molecule has 1 amide bonds. The molecule has 4 rings (SSSR count). The van der Waals surface area contributed by atoms with E-state index in [0.717, 1.165) is 42.3 Å². The van der Waals surface area contributed by atoms with Crippen LogP contribution in [0.25, 0.3) is 22.3 Å². The molecule has 0 bridgehead atoms. The fourth-order valence-corrected chi connectivity index (χ4v) is 3.75. The fraction of sp³-hybridized carbons (Fsp3) is 0.300. The van der Waals surface area contributed by atoms with Crippen LogP contribution >= 0.6 is 0 Å². The number of fused-ring (bicyclic) bond motifs is 1. The third-order valence-corrected chi connectivity index (χ3v) is 5.07. The first-order valence-electron chi connectivity index (χ1n) is 9.25. The van der Waals surface area contributed by atoms with Crippen molar-refractivity contribution in [3.8, 4) is 17.5 Å². The van der Waals surface area contributed by atoms with Gasteiger partial charge >= 0.3 is 6.09 Å². The number of aromatic amines is 1. The monoisotopic (exact) mass is 376 g/mol. The molecular weight excluding hydrogens is 356 g/mol. The third kappa shape index (κ3) is 3.60. The van der Waals surface area contributed by atoms with E-state index in [-0.39, 0.29) is 17.8 Å². The Bertz CT molecular complexity index is 1020. The summed E-state index contributed by atoms with van der Waals surface area (Å²) >= 11 is 0. The molecule has 28 heavy (non-hydrogen) atoms. The molecule has 1 aliphatic carbocycles. The van der Waals surface area contributed by atoms with E-state index in [1.165, 1.54) is 6.20 Å². The van der Waals surface area contributed by atoms with Crippen molar-refractivity contribution in [2.24, 2.45) is 0 Å². The van der Waals surface area contributed by atoms with Gasteiger partial charge in [0.25, 0.3) is 0 Å². The second kappa shape index (κ2) is 7.56. The molecule has 2 unspecified atom stereocenters. The summed E-state index contributed by atoms with van der Waals surface area (Å²) in [5.41, 5.74) is 2.39. The highest BCUT2D eigenvalue weighted by atomic mass is 16.4. The second-order valence-electron chi connectivity index (χ2n) is 6.93. The van der Waals surface area contributed by atoms with Crippen LogP contribution in [0.1, 0.15) is 31.4 Å². The van der Waals surface area contributed by atoms with Crippen LogP contribution < -0.4 is 10.6 Å². The van der Waals surface area contributed by atoms with Crippen molar-refractivity contribution in [1.29, 1.82) is 5.26 Å². The highest BCUT2D eigenvalue weighted by molar-refractivity contribution is 5.86. The van der Waals surface area contributed by atoms with Gasteiger partial charge in [-0.1, -0.05) is 31.0 Å². The average molecular weight is 376 g/mol. The summed E-state index contributed by atoms with van der Waals surface area (Å²) in [7, 11) is 0. The molecule has 1 aromatic carbocycles. The van der Waals surface area contributed by atoms with E-state index in [2.05, 4.69) is 31.7 Å². The predicted octanol–water partition coefficient (Wildman–Crippen LogP) is 3.49. The van der Waals surface area contributed by atoms with Crippen LogP contribution in [0.5, 0.6) is 0 Å². The van der Waals surface area contributed by atoms with Crippen molar-refractivity contribution in [3.63, 3.8) is 0 Å². The van der Waals surface area contributed by atoms with Crippen LogP contribution in [-0.4, -0.2) is 38.2 Å². The van der Waals surface area contributed by atoms with Crippen LogP contribution in [-0.2, 0) is 0 Å². The largest absolute Gasteiger partial charge is 0.465 e. The van der Waals surface area contributed by atoms with Crippen LogP contribution in [0.2, 0.25) is 0 Å². The zero-order chi connectivity index (χ0) is 19.5. The highest BCUT2D eigenvalue weighted by Crippen LogP contribution is 2.27. The average Bonchev–Trinajstić information content (AvgIpc) is 3.13. The zero-order valence-electron chi connectivity index (χ0n) is 15.1. The van der Waals surface area contributed by atoms with E-state index in [4.69, 9.17) is 5.11 Å². The van der Waals surface area contributed by atoms with Gasteiger partial charge in [0.1, 0.15) is 17.6 Å². The minimum absolute atomic E-state index is 0.0670. The standard InChI is InChI=1S/C20H20N6O2/c21-10-17-19(16-9-12-5-1-2-6-13(12)23-16)26-18(11-22-17)24-14-7-3-4-8-15(14)25-20(27)28/h1-2,5-6,9,11,14-15,23,25H,3-4,7-8H2,(H,24,26)(H,27,28). The fourth-order valence-electron chi connectivity index (χ4n) is 3.75. The van der Waals surface area contributed by atoms with Crippen molar-refractivity contribution < 1.29 is 9.90 Å². The predicted molar refractivity (Wildman–Crippen MR) is 105 cm³/mol. The van der Waals surface area contributed by atoms with Gasteiger partial charge in [0, 0.05) is 16.9 Å². The minimum Gasteiger partial charge on any atom is -0.465 e. The molecule has 4 N–H and O–H groups in total. The number of amides is 1. The second-order valence-corrected chi connectivity index (χ2v) is 6.93. The van der Waals surface area contributed by atoms with Crippen molar-refractivity contribution in [2.75, 3.05) is 5.32 Å². The topological polar surface area (TPSA) is 127 Å². The molecule has 3 aromatic rings. The number of hydrogen-bond donors (Lipinski definition) is 4. The van der Waals surface area contributed by atoms with Crippen LogP contribution in [0.3, 0.4) is 0 Å². The smallest absolute Gasteiger partial charge is 0.404 e. The van der Waals surface area contributed by atoms with Gasteiger partial charge in [-0.3, -0.25) is 0 Å². The first kappa shape index (κ1) is 17.8. The number of benzene rings is 1. The summed E-state index contributed by atoms with van der Waals surface area (Å²) in [6.45, 7) is 0. The molecule has 2 aromatic heterocycles. The van der Waals surface area contributed by atoms with Gasteiger partial charge in [-0.05, 0) is 25.0 Å². The number of aromatic nitrogens is 3. The molecule has 142 valence electrons. The zero-order valence-corrected chi connectivity index (χ0v) is 15.1. The number of H-pyrrole nitrogens is 1. The number of nitriles is 1. The maximum atomic E-state index is 11.1. The number of nitrogens with zero attached hydrogens (tertiary/aromatic N) is 3. The van der Waals surface area contributed by atoms with Gasteiger partial charge in [0.2, 0.25) is 0 Å². The molecule has 1 fully saturated rings. The first-order valence-corrected chi connectivity index (χ1v) is 9.25. The Labute approximate surface area is 161 Å². The lowest BCUT2D eigenvalue weighted by Crippen LogP contribution is -2.48. The first-order chi connectivity index (χ1) is 13.6. The Morgan fingerprint density at radius 1 is 1.25 bits per heavy atom. The van der Waals surface area contributed by atoms with E-state index < -0.39 is 6.09 Å². The molecule has 8 nitrogen and oxygen atoms in total. The van der Waals surface area contributed by atoms with Crippen LogP contribution in [0.15, 0.2) is 36.5 Å². The van der Waals surface area contributed by atoms with Gasteiger partial charge < -0.3 is 20.7 Å². The Kier molecular flexibility index (Phi) is 4.81. The molecule has 2 heterocycles. The summed E-state index contributed by atoms with van der Waals surface area (Å²) in [5.74, 6) is 0.525. The maximum Gasteiger partial charge on any atom is 0.404 e. The quantitative estimate of drug-likeness (QED) is 0.552. The number of rotatable bonds is 4. The number of hydrogen-bond acceptors (Lipinski definition) is 5. The number of nitrogens with one attached hydrogen (secondary N) is 3. The SMILES string of the molecule is N#Cc1ncc(NC2CCCCC2NC(=O)O)nc1-c1cc2ccccc2[nH]1. The lowest BCUT2D eigenvalue weighted by atomic mass is 9.90. The van der Waals surface area contributed by atoms with Crippen LogP contribution in [0.4, 0.5) is 10.6 Å². The maximum absolute atomic E-state index is 11.1. The highest BCUT2D eigenvalue weighted by Gasteiger charge is 2.27. The Balaban J connectivity index is 1.65.